The number of carbonyl (C=O) groups excluding carboxylic acids is 6. The van der Waals surface area contributed by atoms with E-state index in [0.717, 1.165) is 39.5 Å². The van der Waals surface area contributed by atoms with Crippen LogP contribution in [0.1, 0.15) is 48.5 Å². The van der Waals surface area contributed by atoms with Crippen LogP contribution in [-0.4, -0.2) is 78.3 Å². The summed E-state index contributed by atoms with van der Waals surface area (Å²) < 4.78 is 25.7. The molecule has 31 heavy (non-hydrogen) atoms. The third-order valence-corrected chi connectivity index (χ3v) is 3.68. The van der Waals surface area contributed by atoms with E-state index in [1.807, 2.05) is 0 Å². The van der Waals surface area contributed by atoms with Gasteiger partial charge < -0.3 is 28.6 Å². The summed E-state index contributed by atoms with van der Waals surface area (Å²) in [7, 11) is 0. The van der Waals surface area contributed by atoms with Crippen LogP contribution in [0.25, 0.3) is 0 Å². The summed E-state index contributed by atoms with van der Waals surface area (Å²) in [5.74, 6) is -4.65. The van der Waals surface area contributed by atoms with Crippen LogP contribution in [0.5, 0.6) is 0 Å². The number of hydrogen-bond donors (Lipinski definition) is 0. The summed E-state index contributed by atoms with van der Waals surface area (Å²) >= 11 is 0. The number of hydrogen-bond acceptors (Lipinski definition) is 11. The van der Waals surface area contributed by atoms with Crippen LogP contribution < -0.4 is 0 Å². The lowest BCUT2D eigenvalue weighted by atomic mass is 10.0. The molecule has 12 nitrogen and oxygen atoms in total. The Kier molecular flexibility index (Phi) is 11.8. The fraction of sp³-hybridized carbons (Fsp3) is 0.684. The second-order valence-corrected chi connectivity index (χ2v) is 6.40. The predicted octanol–water partition coefficient (Wildman–Crippen LogP) is 0.102. The van der Waals surface area contributed by atoms with Crippen molar-refractivity contribution >= 4 is 35.8 Å². The lowest BCUT2D eigenvalue weighted by Crippen LogP contribution is -2.59. The van der Waals surface area contributed by atoms with Crippen molar-refractivity contribution in [3.63, 3.8) is 0 Å². The fourth-order valence-electron chi connectivity index (χ4n) is 2.69. The molecule has 0 aromatic carbocycles. The molecule has 1 amide bonds. The van der Waals surface area contributed by atoms with Crippen molar-refractivity contribution in [1.29, 1.82) is 0 Å². The van der Waals surface area contributed by atoms with E-state index in [1.165, 1.54) is 6.92 Å². The van der Waals surface area contributed by atoms with Gasteiger partial charge in [-0.15, -0.1) is 0 Å². The Morgan fingerprint density at radius 3 is 1.45 bits per heavy atom. The maximum atomic E-state index is 12.1. The van der Waals surface area contributed by atoms with Gasteiger partial charge in [-0.05, 0) is 6.92 Å². The third kappa shape index (κ3) is 10.4. The monoisotopic (exact) mass is 447 g/mol. The highest BCUT2D eigenvalue weighted by Gasteiger charge is 2.46. The zero-order valence-electron chi connectivity index (χ0n) is 18.7. The van der Waals surface area contributed by atoms with Crippen molar-refractivity contribution in [2.24, 2.45) is 0 Å². The Bertz CT molecular complexity index is 690. The van der Waals surface area contributed by atoms with Gasteiger partial charge in [-0.3, -0.25) is 28.8 Å². The fourth-order valence-corrected chi connectivity index (χ4v) is 2.69. The molecule has 0 aliphatic heterocycles. The molecule has 0 spiro atoms. The van der Waals surface area contributed by atoms with Crippen LogP contribution >= 0.6 is 0 Å². The van der Waals surface area contributed by atoms with Gasteiger partial charge in [0, 0.05) is 48.1 Å². The first-order valence-electron chi connectivity index (χ1n) is 9.39. The number of nitrogens with zero attached hydrogens (tertiary/aromatic N) is 1. The molecule has 0 aliphatic rings. The van der Waals surface area contributed by atoms with Crippen molar-refractivity contribution in [3.05, 3.63) is 0 Å². The molecule has 0 saturated carbocycles. The normalized spacial score (nSPS) is 14.2. The van der Waals surface area contributed by atoms with Crippen molar-refractivity contribution in [2.45, 2.75) is 73.0 Å². The van der Waals surface area contributed by atoms with Gasteiger partial charge in [0.05, 0.1) is 0 Å². The molecular weight excluding hydrogens is 418 g/mol. The summed E-state index contributed by atoms with van der Waals surface area (Å²) in [6.45, 7) is 7.53. The van der Waals surface area contributed by atoms with Gasteiger partial charge in [0.25, 0.3) is 0 Å². The van der Waals surface area contributed by atoms with E-state index in [-0.39, 0.29) is 6.54 Å². The lowest BCUT2D eigenvalue weighted by Gasteiger charge is -2.39. The minimum absolute atomic E-state index is 0.0278. The van der Waals surface area contributed by atoms with Crippen LogP contribution in [-0.2, 0) is 52.5 Å². The van der Waals surface area contributed by atoms with Gasteiger partial charge in [0.1, 0.15) is 6.61 Å². The topological polar surface area (TPSA) is 152 Å². The van der Waals surface area contributed by atoms with E-state index in [4.69, 9.17) is 23.7 Å². The molecule has 12 heteroatoms. The molecule has 0 aliphatic carbocycles. The quantitative estimate of drug-likeness (QED) is 0.241. The Hall–Kier alpha value is -3.18. The van der Waals surface area contributed by atoms with Crippen molar-refractivity contribution in [2.75, 3.05) is 13.2 Å². The number of esters is 5. The van der Waals surface area contributed by atoms with Crippen molar-refractivity contribution in [3.8, 4) is 0 Å². The summed E-state index contributed by atoms with van der Waals surface area (Å²) in [6, 6.07) is 0. The second kappa shape index (κ2) is 13.2. The maximum Gasteiger partial charge on any atom is 0.304 e. The van der Waals surface area contributed by atoms with E-state index in [2.05, 4.69) is 0 Å². The minimum atomic E-state index is -1.62. The Labute approximate surface area is 180 Å². The van der Waals surface area contributed by atoms with Crippen molar-refractivity contribution in [1.82, 2.24) is 4.90 Å². The molecule has 0 radical (unpaired) electrons. The standard InChI is InChI=1S/C19H29NO11/c1-8-20(10(2)21)19(31-15(7)26)18(30-14(6)25)17(29-13(5)24)16(28-12(4)23)9-27-11(3)22/h16-19H,8-9H2,1-7H3/t16-,17-,18+,19+/m1/s1. The van der Waals surface area contributed by atoms with Crippen LogP contribution in [0.15, 0.2) is 0 Å². The van der Waals surface area contributed by atoms with Gasteiger partial charge in [0.15, 0.2) is 18.3 Å². The number of carbonyl (C=O) groups is 6. The third-order valence-electron chi connectivity index (χ3n) is 3.68. The molecule has 0 fully saturated rings. The molecule has 0 aromatic rings. The van der Waals surface area contributed by atoms with Crippen LogP contribution in [0, 0.1) is 0 Å². The van der Waals surface area contributed by atoms with E-state index in [1.54, 1.807) is 6.92 Å². The van der Waals surface area contributed by atoms with E-state index >= 15 is 0 Å². The average molecular weight is 447 g/mol. The molecule has 4 atom stereocenters. The number of likely N-dealkylation sites (N-methyl/N-ethyl adjacent to an activating group) is 1. The van der Waals surface area contributed by atoms with Gasteiger partial charge in [0.2, 0.25) is 12.1 Å². The molecule has 0 saturated heterocycles. The zero-order valence-corrected chi connectivity index (χ0v) is 18.7. The maximum absolute atomic E-state index is 12.1. The number of ether oxygens (including phenoxy) is 5. The summed E-state index contributed by atoms with van der Waals surface area (Å²) in [4.78, 5) is 71.4. The SMILES string of the molecule is CCN(C(C)=O)[C@@H](OC(C)=O)[C@@H](OC(C)=O)[C@H](OC(C)=O)[C@@H](COC(C)=O)OC(C)=O. The zero-order chi connectivity index (χ0) is 24.3. The molecular formula is C19H29NO11. The highest BCUT2D eigenvalue weighted by molar-refractivity contribution is 5.74. The van der Waals surface area contributed by atoms with Crippen molar-refractivity contribution < 1.29 is 52.5 Å². The van der Waals surface area contributed by atoms with E-state index in [9.17, 15) is 28.8 Å². The minimum Gasteiger partial charge on any atom is -0.462 e. The highest BCUT2D eigenvalue weighted by atomic mass is 16.6. The Balaban J connectivity index is 6.54. The smallest absolute Gasteiger partial charge is 0.304 e. The molecule has 0 unspecified atom stereocenters. The highest BCUT2D eigenvalue weighted by Crippen LogP contribution is 2.22. The summed E-state index contributed by atoms with van der Waals surface area (Å²) in [5.41, 5.74) is 0. The molecule has 176 valence electrons. The van der Waals surface area contributed by atoms with Crippen LogP contribution in [0.2, 0.25) is 0 Å². The molecule has 0 N–H and O–H groups in total. The Morgan fingerprint density at radius 2 is 1.10 bits per heavy atom. The molecule has 0 heterocycles. The van der Waals surface area contributed by atoms with E-state index in [0.29, 0.717) is 0 Å². The predicted molar refractivity (Wildman–Crippen MR) is 102 cm³/mol. The number of rotatable bonds is 11. The van der Waals surface area contributed by atoms with Gasteiger partial charge in [-0.2, -0.15) is 0 Å². The van der Waals surface area contributed by atoms with Gasteiger partial charge in [-0.25, -0.2) is 0 Å². The molecule has 0 aromatic heterocycles. The lowest BCUT2D eigenvalue weighted by molar-refractivity contribution is -0.217. The van der Waals surface area contributed by atoms with Gasteiger partial charge in [-0.1, -0.05) is 0 Å². The number of amides is 1. The van der Waals surface area contributed by atoms with E-state index < -0.39 is 66.9 Å². The molecule has 0 rings (SSSR count). The van der Waals surface area contributed by atoms with Crippen LogP contribution in [0.4, 0.5) is 0 Å². The first-order chi connectivity index (χ1) is 14.3. The first kappa shape index (κ1) is 27.8. The summed E-state index contributed by atoms with van der Waals surface area (Å²) in [5, 5.41) is 0. The Morgan fingerprint density at radius 1 is 0.645 bits per heavy atom. The summed E-state index contributed by atoms with van der Waals surface area (Å²) in [6.07, 6.45) is -6.20. The molecule has 0 bridgehead atoms. The second-order valence-electron chi connectivity index (χ2n) is 6.40. The first-order valence-corrected chi connectivity index (χ1v) is 9.39. The van der Waals surface area contributed by atoms with Gasteiger partial charge >= 0.3 is 29.8 Å². The largest absolute Gasteiger partial charge is 0.462 e. The van der Waals surface area contributed by atoms with Crippen LogP contribution in [0.3, 0.4) is 0 Å². The average Bonchev–Trinajstić information content (AvgIpc) is 2.60.